The van der Waals surface area contributed by atoms with Crippen molar-refractivity contribution >= 4 is 27.9 Å². The van der Waals surface area contributed by atoms with Crippen LogP contribution in [-0.4, -0.2) is 50.3 Å². The van der Waals surface area contributed by atoms with Gasteiger partial charge in [-0.2, -0.15) is 4.31 Å². The molecule has 0 radical (unpaired) electrons. The molecule has 1 fully saturated rings. The second kappa shape index (κ2) is 9.62. The van der Waals surface area contributed by atoms with E-state index in [1.54, 1.807) is 12.1 Å². The average molecular weight is 450 g/mol. The van der Waals surface area contributed by atoms with E-state index in [4.69, 9.17) is 14.9 Å². The summed E-state index contributed by atoms with van der Waals surface area (Å²) in [4.78, 5) is 35.4. The van der Waals surface area contributed by atoms with E-state index in [1.807, 2.05) is 0 Å². The summed E-state index contributed by atoms with van der Waals surface area (Å²) in [5, 5.41) is 4.49. The number of imide groups is 1. The highest BCUT2D eigenvalue weighted by Gasteiger charge is 2.28. The van der Waals surface area contributed by atoms with Gasteiger partial charge in [0.25, 0.3) is 11.8 Å². The van der Waals surface area contributed by atoms with E-state index in [1.165, 1.54) is 22.7 Å². The van der Waals surface area contributed by atoms with Crippen LogP contribution >= 0.6 is 0 Å². The number of hydrogen-bond acceptors (Lipinski definition) is 7. The molecule has 11 nitrogen and oxygen atoms in total. The number of nitrogens with zero attached hydrogens (tertiary/aromatic N) is 1. The molecule has 1 saturated heterocycles. The molecular weight excluding hydrogens is 428 g/mol. The van der Waals surface area contributed by atoms with Gasteiger partial charge in [-0.25, -0.2) is 13.2 Å². The zero-order valence-corrected chi connectivity index (χ0v) is 17.3. The van der Waals surface area contributed by atoms with Gasteiger partial charge in [0, 0.05) is 13.1 Å². The Morgan fingerprint density at radius 3 is 2.55 bits per heavy atom. The summed E-state index contributed by atoms with van der Waals surface area (Å²) in [7, 11) is -3.75. The first kappa shape index (κ1) is 22.3. The van der Waals surface area contributed by atoms with Crippen molar-refractivity contribution in [2.45, 2.75) is 24.3 Å². The number of furan rings is 1. The van der Waals surface area contributed by atoms with Gasteiger partial charge in [0.1, 0.15) is 11.5 Å². The number of hydrogen-bond donors (Lipinski definition) is 3. The molecule has 12 heteroatoms. The topological polar surface area (TPSA) is 161 Å². The van der Waals surface area contributed by atoms with Crippen molar-refractivity contribution in [3.63, 3.8) is 0 Å². The third kappa shape index (κ3) is 5.61. The van der Waals surface area contributed by atoms with Gasteiger partial charge >= 0.3 is 6.03 Å². The predicted molar refractivity (Wildman–Crippen MR) is 108 cm³/mol. The number of carbonyl (C=O) groups excluding carboxylic acids is 3. The number of rotatable bonds is 8. The van der Waals surface area contributed by atoms with Crippen molar-refractivity contribution in [2.75, 3.05) is 19.7 Å². The number of nitrogens with two attached hydrogens (primary N) is 1. The fourth-order valence-electron chi connectivity index (χ4n) is 3.00. The van der Waals surface area contributed by atoms with E-state index in [0.717, 1.165) is 18.9 Å². The maximum absolute atomic E-state index is 12.7. The zero-order chi connectivity index (χ0) is 22.4. The van der Waals surface area contributed by atoms with Gasteiger partial charge in [-0.05, 0) is 43.2 Å². The predicted octanol–water partition coefficient (Wildman–Crippen LogP) is 0.568. The van der Waals surface area contributed by atoms with Crippen LogP contribution in [0.1, 0.15) is 29.0 Å². The Morgan fingerprint density at radius 2 is 1.90 bits per heavy atom. The Kier molecular flexibility index (Phi) is 6.92. The van der Waals surface area contributed by atoms with Crippen LogP contribution in [0.15, 0.2) is 45.9 Å². The van der Waals surface area contributed by atoms with Gasteiger partial charge in [0.2, 0.25) is 10.0 Å². The molecule has 0 saturated carbocycles. The molecule has 1 aromatic carbocycles. The summed E-state index contributed by atoms with van der Waals surface area (Å²) in [5.41, 5.74) is 5.17. The minimum absolute atomic E-state index is 0.0704. The molecule has 31 heavy (non-hydrogen) atoms. The number of carbonyl (C=O) groups is 3. The SMILES string of the molecule is NC(=O)c1cc(S(=O)(=O)N2CCCC2)ccc1OCC(=O)NC(=O)NCc1ccco1. The lowest BCUT2D eigenvalue weighted by atomic mass is 10.2. The van der Waals surface area contributed by atoms with Crippen molar-refractivity contribution in [3.05, 3.63) is 47.9 Å². The van der Waals surface area contributed by atoms with Crippen LogP contribution in [0.5, 0.6) is 5.75 Å². The molecule has 0 spiro atoms. The first-order valence-corrected chi connectivity index (χ1v) is 10.9. The molecule has 0 unspecified atom stereocenters. The summed E-state index contributed by atoms with van der Waals surface area (Å²) in [5.74, 6) is -1.25. The number of primary amides is 1. The Hall–Kier alpha value is -3.38. The van der Waals surface area contributed by atoms with Gasteiger partial charge in [-0.1, -0.05) is 0 Å². The highest BCUT2D eigenvalue weighted by Crippen LogP contribution is 2.26. The number of urea groups is 1. The highest BCUT2D eigenvalue weighted by molar-refractivity contribution is 7.89. The van der Waals surface area contributed by atoms with Gasteiger partial charge in [0.05, 0.1) is 23.3 Å². The molecule has 0 bridgehead atoms. The van der Waals surface area contributed by atoms with E-state index in [2.05, 4.69) is 10.6 Å². The van der Waals surface area contributed by atoms with Gasteiger partial charge in [-0.3, -0.25) is 14.9 Å². The molecule has 0 atom stereocenters. The quantitative estimate of drug-likeness (QED) is 0.529. The summed E-state index contributed by atoms with van der Waals surface area (Å²) in [6.45, 7) is 0.321. The molecule has 166 valence electrons. The van der Waals surface area contributed by atoms with E-state index >= 15 is 0 Å². The van der Waals surface area contributed by atoms with Crippen molar-refractivity contribution in [1.29, 1.82) is 0 Å². The minimum atomic E-state index is -3.75. The smallest absolute Gasteiger partial charge is 0.321 e. The van der Waals surface area contributed by atoms with Gasteiger partial charge in [-0.15, -0.1) is 0 Å². The number of ether oxygens (including phenoxy) is 1. The standard InChI is InChI=1S/C19H22N4O7S/c20-18(25)15-10-14(31(27,28)23-7-1-2-8-23)5-6-16(15)30-12-17(24)22-19(26)21-11-13-4-3-9-29-13/h3-6,9-10H,1-2,7-8,11-12H2,(H2,20,25)(H2,21,22,24,26). The molecule has 1 aliphatic heterocycles. The summed E-state index contributed by atoms with van der Waals surface area (Å²) in [6, 6.07) is 6.22. The molecule has 1 aromatic heterocycles. The average Bonchev–Trinajstić information content (AvgIpc) is 3.44. The maximum atomic E-state index is 12.7. The van der Waals surface area contributed by atoms with Crippen LogP contribution in [0.3, 0.4) is 0 Å². The van der Waals surface area contributed by atoms with Gasteiger partial charge < -0.3 is 20.2 Å². The normalized spacial score (nSPS) is 14.2. The second-order valence-corrected chi connectivity index (χ2v) is 8.67. The molecular formula is C19H22N4O7S. The molecule has 1 aliphatic rings. The number of benzene rings is 1. The van der Waals surface area contributed by atoms with Crippen molar-refractivity contribution < 1.29 is 32.0 Å². The van der Waals surface area contributed by atoms with Crippen LogP contribution in [0, 0.1) is 0 Å². The number of sulfonamides is 1. The summed E-state index contributed by atoms with van der Waals surface area (Å²) >= 11 is 0. The first-order chi connectivity index (χ1) is 14.8. The minimum Gasteiger partial charge on any atom is -0.483 e. The highest BCUT2D eigenvalue weighted by atomic mass is 32.2. The third-order valence-corrected chi connectivity index (χ3v) is 6.43. The lowest BCUT2D eigenvalue weighted by molar-refractivity contribution is -0.122. The lowest BCUT2D eigenvalue weighted by Gasteiger charge is -2.17. The van der Waals surface area contributed by atoms with Crippen LogP contribution in [-0.2, 0) is 21.4 Å². The van der Waals surface area contributed by atoms with E-state index in [0.29, 0.717) is 18.8 Å². The zero-order valence-electron chi connectivity index (χ0n) is 16.5. The van der Waals surface area contributed by atoms with Crippen molar-refractivity contribution in [3.8, 4) is 5.75 Å². The Labute approximate surface area is 178 Å². The molecule has 0 aliphatic carbocycles. The van der Waals surface area contributed by atoms with E-state index in [-0.39, 0.29) is 22.8 Å². The first-order valence-electron chi connectivity index (χ1n) is 9.44. The van der Waals surface area contributed by atoms with Gasteiger partial charge in [0.15, 0.2) is 6.61 Å². The molecule has 3 rings (SSSR count). The Balaban J connectivity index is 1.61. The second-order valence-electron chi connectivity index (χ2n) is 6.73. The molecule has 4 amide bonds. The van der Waals surface area contributed by atoms with E-state index < -0.39 is 34.5 Å². The summed E-state index contributed by atoms with van der Waals surface area (Å²) < 4.78 is 37.0. The largest absolute Gasteiger partial charge is 0.483 e. The Morgan fingerprint density at radius 1 is 1.16 bits per heavy atom. The third-order valence-electron chi connectivity index (χ3n) is 4.53. The molecule has 2 heterocycles. The van der Waals surface area contributed by atoms with Crippen LogP contribution in [0.4, 0.5) is 4.79 Å². The number of nitrogens with one attached hydrogen (secondary N) is 2. The molecule has 4 N–H and O–H groups in total. The van der Waals surface area contributed by atoms with Crippen LogP contribution in [0.25, 0.3) is 0 Å². The number of amides is 4. The monoisotopic (exact) mass is 450 g/mol. The molecule has 2 aromatic rings. The van der Waals surface area contributed by atoms with Crippen LogP contribution in [0.2, 0.25) is 0 Å². The fourth-order valence-corrected chi connectivity index (χ4v) is 4.54. The fraction of sp³-hybridized carbons (Fsp3) is 0.316. The lowest BCUT2D eigenvalue weighted by Crippen LogP contribution is -2.41. The van der Waals surface area contributed by atoms with E-state index in [9.17, 15) is 22.8 Å². The maximum Gasteiger partial charge on any atom is 0.321 e. The Bertz CT molecular complexity index is 1060. The van der Waals surface area contributed by atoms with Crippen molar-refractivity contribution in [2.24, 2.45) is 5.73 Å². The van der Waals surface area contributed by atoms with Crippen molar-refractivity contribution in [1.82, 2.24) is 14.9 Å². The summed E-state index contributed by atoms with van der Waals surface area (Å²) in [6.07, 6.45) is 2.99. The van der Waals surface area contributed by atoms with Crippen LogP contribution < -0.4 is 21.1 Å².